The molecule has 5 aromatic rings. The Hall–Kier alpha value is -6.18. The smallest absolute Gasteiger partial charge is 0.407 e. The maximum Gasteiger partial charge on any atom is 0.407 e. The van der Waals surface area contributed by atoms with Crippen LogP contribution in [0.25, 0.3) is 33.3 Å². The maximum atomic E-state index is 13.9. The lowest BCUT2D eigenvalue weighted by molar-refractivity contribution is -0.135. The first-order chi connectivity index (χ1) is 27.1. The lowest BCUT2D eigenvalue weighted by Crippen LogP contribution is -2.51. The number of fused-ring (bicyclic) bond motifs is 1. The van der Waals surface area contributed by atoms with Gasteiger partial charge in [0.15, 0.2) is 0 Å². The van der Waals surface area contributed by atoms with Crippen molar-refractivity contribution >= 4 is 34.8 Å². The third kappa shape index (κ3) is 8.09. The predicted octanol–water partition coefficient (Wildman–Crippen LogP) is 6.29. The molecule has 4 amide bonds. The molecular weight excluding hydrogens is 713 g/mol. The summed E-state index contributed by atoms with van der Waals surface area (Å²) in [6, 6.07) is 20.1. The predicted molar refractivity (Wildman–Crippen MR) is 210 cm³/mol. The summed E-state index contributed by atoms with van der Waals surface area (Å²) in [6.45, 7) is 4.95. The second-order valence-corrected chi connectivity index (χ2v) is 14.8. The molecule has 14 heteroatoms. The van der Waals surface area contributed by atoms with Crippen LogP contribution in [0.5, 0.6) is 0 Å². The number of hydrogen-bond donors (Lipinski definition) is 4. The van der Waals surface area contributed by atoms with Crippen molar-refractivity contribution in [3.8, 4) is 22.5 Å². The average Bonchev–Trinajstić information content (AvgIpc) is 4.06. The molecule has 2 aliphatic rings. The Morgan fingerprint density at radius 3 is 1.77 bits per heavy atom. The Labute approximate surface area is 325 Å². The SMILES string of the molecule is COC(=O)N[C@@H](Cc1ccccc1)C(=O)N1CCC[C@H]1c1ncc(-c2ccc3cc(-c4cnc([C@@H]5CCCN5C(=O)[C@@H](NC(=O)OC)C(C)C)[nH]4)ccc3c2)[nH]1. The van der Waals surface area contributed by atoms with Crippen LogP contribution in [0.4, 0.5) is 9.59 Å². The van der Waals surface area contributed by atoms with Crippen LogP contribution >= 0.6 is 0 Å². The first kappa shape index (κ1) is 38.1. The van der Waals surface area contributed by atoms with Gasteiger partial charge in [0.2, 0.25) is 11.8 Å². The summed E-state index contributed by atoms with van der Waals surface area (Å²) < 4.78 is 9.60. The molecular formula is C42H48N8O6. The zero-order valence-electron chi connectivity index (χ0n) is 32.1. The number of rotatable bonds is 11. The number of hydrogen-bond acceptors (Lipinski definition) is 8. The van der Waals surface area contributed by atoms with E-state index in [-0.39, 0.29) is 29.8 Å². The normalized spacial score (nSPS) is 17.9. The summed E-state index contributed by atoms with van der Waals surface area (Å²) in [5, 5.41) is 7.53. The number of nitrogens with one attached hydrogen (secondary N) is 4. The summed E-state index contributed by atoms with van der Waals surface area (Å²) in [7, 11) is 2.58. The number of nitrogens with zero attached hydrogens (tertiary/aromatic N) is 4. The highest BCUT2D eigenvalue weighted by Crippen LogP contribution is 2.35. The molecule has 56 heavy (non-hydrogen) atoms. The van der Waals surface area contributed by atoms with E-state index in [2.05, 4.69) is 44.9 Å². The molecule has 14 nitrogen and oxygen atoms in total. The van der Waals surface area contributed by atoms with Gasteiger partial charge in [0, 0.05) is 30.6 Å². The van der Waals surface area contributed by atoms with Gasteiger partial charge < -0.3 is 39.9 Å². The topological polar surface area (TPSA) is 175 Å². The van der Waals surface area contributed by atoms with Crippen molar-refractivity contribution in [2.75, 3.05) is 27.3 Å². The van der Waals surface area contributed by atoms with E-state index in [4.69, 9.17) is 19.4 Å². The number of imidazole rings is 2. The number of benzene rings is 3. The number of amides is 4. The fourth-order valence-electron chi connectivity index (χ4n) is 7.85. The minimum atomic E-state index is -0.778. The summed E-state index contributed by atoms with van der Waals surface area (Å²) >= 11 is 0. The number of aromatic amines is 2. The van der Waals surface area contributed by atoms with Gasteiger partial charge in [0.05, 0.1) is 50.1 Å². The van der Waals surface area contributed by atoms with Gasteiger partial charge in [-0.05, 0) is 60.1 Å². The summed E-state index contributed by atoms with van der Waals surface area (Å²) in [5.74, 6) is 0.984. The van der Waals surface area contributed by atoms with Crippen molar-refractivity contribution < 1.29 is 28.7 Å². The number of H-pyrrole nitrogens is 2. The van der Waals surface area contributed by atoms with E-state index < -0.39 is 24.3 Å². The molecule has 4 heterocycles. The van der Waals surface area contributed by atoms with E-state index in [1.165, 1.54) is 14.2 Å². The van der Waals surface area contributed by atoms with Crippen LogP contribution in [0.2, 0.25) is 0 Å². The molecule has 7 rings (SSSR count). The first-order valence-electron chi connectivity index (χ1n) is 19.1. The molecule has 3 aromatic carbocycles. The van der Waals surface area contributed by atoms with Crippen LogP contribution < -0.4 is 10.6 Å². The molecule has 4 atom stereocenters. The number of alkyl carbamates (subject to hydrolysis) is 2. The van der Waals surface area contributed by atoms with Gasteiger partial charge in [-0.15, -0.1) is 0 Å². The highest BCUT2D eigenvalue weighted by atomic mass is 16.5. The van der Waals surface area contributed by atoms with E-state index >= 15 is 0 Å². The second kappa shape index (κ2) is 16.7. The largest absolute Gasteiger partial charge is 0.453 e. The molecule has 2 aliphatic heterocycles. The fraction of sp³-hybridized carbons (Fsp3) is 0.381. The molecule has 4 N–H and O–H groups in total. The van der Waals surface area contributed by atoms with Crippen LogP contribution in [0.15, 0.2) is 79.1 Å². The van der Waals surface area contributed by atoms with Gasteiger partial charge in [0.1, 0.15) is 23.7 Å². The van der Waals surface area contributed by atoms with Crippen molar-refractivity contribution in [1.29, 1.82) is 0 Å². The van der Waals surface area contributed by atoms with Gasteiger partial charge in [0.25, 0.3) is 0 Å². The molecule has 0 spiro atoms. The van der Waals surface area contributed by atoms with Crippen molar-refractivity contribution in [1.82, 2.24) is 40.4 Å². The molecule has 0 saturated carbocycles. The summed E-state index contributed by atoms with van der Waals surface area (Å²) in [6.07, 6.45) is 5.86. The summed E-state index contributed by atoms with van der Waals surface area (Å²) in [5.41, 5.74) is 4.56. The fourth-order valence-corrected chi connectivity index (χ4v) is 7.85. The van der Waals surface area contributed by atoms with Crippen LogP contribution in [0.1, 0.15) is 68.8 Å². The van der Waals surface area contributed by atoms with Crippen LogP contribution in [0.3, 0.4) is 0 Å². The van der Waals surface area contributed by atoms with Crippen molar-refractivity contribution in [2.45, 2.75) is 70.1 Å². The molecule has 2 aromatic heterocycles. The number of aromatic nitrogens is 4. The maximum absolute atomic E-state index is 13.9. The van der Waals surface area contributed by atoms with E-state index in [0.29, 0.717) is 31.2 Å². The zero-order chi connectivity index (χ0) is 39.3. The number of carbonyl (C=O) groups is 4. The highest BCUT2D eigenvalue weighted by Gasteiger charge is 2.38. The van der Waals surface area contributed by atoms with Gasteiger partial charge >= 0.3 is 12.2 Å². The number of methoxy groups -OCH3 is 2. The van der Waals surface area contributed by atoms with Gasteiger partial charge in [-0.1, -0.05) is 68.4 Å². The van der Waals surface area contributed by atoms with E-state index in [0.717, 1.165) is 64.5 Å². The highest BCUT2D eigenvalue weighted by molar-refractivity contribution is 5.90. The third-order valence-corrected chi connectivity index (χ3v) is 10.8. The van der Waals surface area contributed by atoms with Crippen LogP contribution in [-0.4, -0.2) is 93.1 Å². The first-order valence-corrected chi connectivity index (χ1v) is 19.1. The van der Waals surface area contributed by atoms with E-state index in [1.54, 1.807) is 17.3 Å². The van der Waals surface area contributed by atoms with Gasteiger partial charge in [-0.25, -0.2) is 19.6 Å². The standard InChI is InChI=1S/C42H48N8O6/c1-25(2)36(48-42(54)56-4)40(52)50-19-9-13-35(50)38-44-24-33(46-38)30-17-15-27-21-29(16-14-28(27)22-30)32-23-43-37(45-32)34-12-8-18-49(34)39(51)31(47-41(53)55-3)20-26-10-6-5-7-11-26/h5-7,10-11,14-17,21-25,31,34-36H,8-9,12-13,18-20H2,1-4H3,(H,43,45)(H,44,46)(H,47,53)(H,48,54)/t31-,34-,35-,36-/m0/s1. The Balaban J connectivity index is 1.05. The molecule has 2 saturated heterocycles. The monoisotopic (exact) mass is 760 g/mol. The number of carbonyl (C=O) groups excluding carboxylic acids is 4. The molecule has 0 radical (unpaired) electrons. The van der Waals surface area contributed by atoms with Crippen LogP contribution in [-0.2, 0) is 25.5 Å². The number of likely N-dealkylation sites (tertiary alicyclic amines) is 2. The lowest BCUT2D eigenvalue weighted by atomic mass is 10.0. The molecule has 2 fully saturated rings. The van der Waals surface area contributed by atoms with E-state index in [1.807, 2.05) is 61.2 Å². The zero-order valence-corrected chi connectivity index (χ0v) is 32.1. The molecule has 0 unspecified atom stereocenters. The Morgan fingerprint density at radius 1 is 0.732 bits per heavy atom. The Bertz CT molecular complexity index is 2200. The molecule has 292 valence electrons. The van der Waals surface area contributed by atoms with Gasteiger partial charge in [-0.3, -0.25) is 9.59 Å². The van der Waals surface area contributed by atoms with Crippen molar-refractivity contribution in [3.05, 3.63) is 96.3 Å². The Kier molecular flexibility index (Phi) is 11.3. The average molecular weight is 761 g/mol. The second-order valence-electron chi connectivity index (χ2n) is 14.8. The quantitative estimate of drug-likeness (QED) is 0.121. The molecule has 0 bridgehead atoms. The minimum Gasteiger partial charge on any atom is -0.453 e. The summed E-state index contributed by atoms with van der Waals surface area (Å²) in [4.78, 5) is 71.7. The number of ether oxygens (including phenoxy) is 2. The third-order valence-electron chi connectivity index (χ3n) is 10.8. The van der Waals surface area contributed by atoms with Crippen molar-refractivity contribution in [3.63, 3.8) is 0 Å². The van der Waals surface area contributed by atoms with E-state index in [9.17, 15) is 19.2 Å². The Morgan fingerprint density at radius 2 is 1.25 bits per heavy atom. The lowest BCUT2D eigenvalue weighted by Gasteiger charge is -2.30. The minimum absolute atomic E-state index is 0.113. The van der Waals surface area contributed by atoms with Crippen molar-refractivity contribution in [2.24, 2.45) is 5.92 Å². The van der Waals surface area contributed by atoms with Gasteiger partial charge in [-0.2, -0.15) is 0 Å². The van der Waals surface area contributed by atoms with Crippen LogP contribution in [0, 0.1) is 5.92 Å². The molecule has 0 aliphatic carbocycles.